The summed E-state index contributed by atoms with van der Waals surface area (Å²) in [6.07, 6.45) is 3.62. The highest BCUT2D eigenvalue weighted by Crippen LogP contribution is 2.13. The fourth-order valence-corrected chi connectivity index (χ4v) is 2.14. The van der Waals surface area contributed by atoms with Crippen molar-refractivity contribution in [3.8, 4) is 0 Å². The first-order valence-electron chi connectivity index (χ1n) is 6.79. The lowest BCUT2D eigenvalue weighted by molar-refractivity contribution is 0.491. The molecular formula is C18H15NO2. The monoisotopic (exact) mass is 277 g/mol. The van der Waals surface area contributed by atoms with Crippen LogP contribution in [0.25, 0.3) is 23.1 Å². The molecule has 1 aromatic heterocycles. The van der Waals surface area contributed by atoms with Gasteiger partial charge in [-0.2, -0.15) is 0 Å². The zero-order valence-electron chi connectivity index (χ0n) is 12.0. The molecule has 3 rings (SSSR count). The molecular weight excluding hydrogens is 262 g/mol. The molecule has 1 heterocycles. The summed E-state index contributed by atoms with van der Waals surface area (Å²) in [5, 5.41) is 0.501. The Labute approximate surface area is 122 Å². The van der Waals surface area contributed by atoms with E-state index in [2.05, 4.69) is 31.0 Å². The number of para-hydroxylation sites is 1. The molecule has 0 radical (unpaired) electrons. The van der Waals surface area contributed by atoms with E-state index in [4.69, 9.17) is 4.42 Å². The minimum Gasteiger partial charge on any atom is -0.404 e. The van der Waals surface area contributed by atoms with Crippen LogP contribution in [0.15, 0.2) is 51.7 Å². The summed E-state index contributed by atoms with van der Waals surface area (Å²) in [7, 11) is 0. The van der Waals surface area contributed by atoms with E-state index in [-0.39, 0.29) is 5.63 Å². The number of hydrogen-bond acceptors (Lipinski definition) is 3. The Balaban J connectivity index is 1.99. The number of rotatable bonds is 2. The number of fused-ring (bicyclic) bond motifs is 1. The van der Waals surface area contributed by atoms with Gasteiger partial charge in [-0.25, -0.2) is 9.78 Å². The molecule has 3 nitrogen and oxygen atoms in total. The van der Waals surface area contributed by atoms with Gasteiger partial charge in [0.2, 0.25) is 5.89 Å². The van der Waals surface area contributed by atoms with Gasteiger partial charge in [0.25, 0.3) is 0 Å². The molecule has 0 spiro atoms. The van der Waals surface area contributed by atoms with Gasteiger partial charge >= 0.3 is 5.63 Å². The third kappa shape index (κ3) is 2.77. The molecule has 0 aliphatic rings. The first-order chi connectivity index (χ1) is 10.1. The SMILES string of the molecule is Cc1ccc(/C=C/c2nc3ccccc3c(=O)o2)cc1C. The lowest BCUT2D eigenvalue weighted by Gasteiger charge is -2.01. The van der Waals surface area contributed by atoms with E-state index < -0.39 is 0 Å². The zero-order chi connectivity index (χ0) is 14.8. The molecule has 3 heteroatoms. The number of aromatic nitrogens is 1. The van der Waals surface area contributed by atoms with E-state index >= 15 is 0 Å². The first-order valence-corrected chi connectivity index (χ1v) is 6.79. The average molecular weight is 277 g/mol. The number of benzene rings is 2. The minimum absolute atomic E-state index is 0.317. The van der Waals surface area contributed by atoms with Crippen molar-refractivity contribution in [2.24, 2.45) is 0 Å². The Hall–Kier alpha value is -2.68. The quantitative estimate of drug-likeness (QED) is 0.711. The molecule has 0 saturated carbocycles. The van der Waals surface area contributed by atoms with Gasteiger partial charge in [0.05, 0.1) is 10.9 Å². The van der Waals surface area contributed by atoms with Crippen LogP contribution in [0.3, 0.4) is 0 Å². The molecule has 0 atom stereocenters. The summed E-state index contributed by atoms with van der Waals surface area (Å²) in [6.45, 7) is 4.15. The molecule has 0 N–H and O–H groups in total. The Kier molecular flexibility index (Phi) is 3.40. The van der Waals surface area contributed by atoms with E-state index in [1.165, 1.54) is 11.1 Å². The zero-order valence-corrected chi connectivity index (χ0v) is 12.0. The van der Waals surface area contributed by atoms with Crippen LogP contribution in [0.1, 0.15) is 22.6 Å². The third-order valence-corrected chi connectivity index (χ3v) is 3.50. The molecule has 0 unspecified atom stereocenters. The van der Waals surface area contributed by atoms with Crippen LogP contribution in [0.2, 0.25) is 0 Å². The maximum absolute atomic E-state index is 11.9. The lowest BCUT2D eigenvalue weighted by atomic mass is 10.1. The molecule has 0 amide bonds. The average Bonchev–Trinajstić information content (AvgIpc) is 2.49. The molecule has 3 aromatic rings. The Morgan fingerprint density at radius 1 is 1.00 bits per heavy atom. The van der Waals surface area contributed by atoms with Crippen LogP contribution >= 0.6 is 0 Å². The number of hydrogen-bond donors (Lipinski definition) is 0. The fourth-order valence-electron chi connectivity index (χ4n) is 2.14. The summed E-state index contributed by atoms with van der Waals surface area (Å²) >= 11 is 0. The normalized spacial score (nSPS) is 11.3. The van der Waals surface area contributed by atoms with E-state index in [0.29, 0.717) is 16.8 Å². The van der Waals surface area contributed by atoms with Gasteiger partial charge in [-0.05, 0) is 48.7 Å². The van der Waals surface area contributed by atoms with Crippen molar-refractivity contribution in [3.05, 3.63) is 75.5 Å². The fraction of sp³-hybridized carbons (Fsp3) is 0.111. The van der Waals surface area contributed by atoms with Crippen molar-refractivity contribution in [2.75, 3.05) is 0 Å². The standard InChI is InChI=1S/C18H15NO2/c1-12-7-8-14(11-13(12)2)9-10-17-19-16-6-4-3-5-15(16)18(20)21-17/h3-11H,1-2H3/b10-9+. The molecule has 21 heavy (non-hydrogen) atoms. The highest BCUT2D eigenvalue weighted by molar-refractivity contribution is 5.78. The number of nitrogens with zero attached hydrogens (tertiary/aromatic N) is 1. The van der Waals surface area contributed by atoms with Crippen LogP contribution in [0, 0.1) is 13.8 Å². The summed E-state index contributed by atoms with van der Waals surface area (Å²) in [6, 6.07) is 13.4. The second-order valence-corrected chi connectivity index (χ2v) is 5.03. The van der Waals surface area contributed by atoms with Crippen molar-refractivity contribution in [2.45, 2.75) is 13.8 Å². The molecule has 104 valence electrons. The smallest absolute Gasteiger partial charge is 0.347 e. The van der Waals surface area contributed by atoms with Gasteiger partial charge in [0.15, 0.2) is 0 Å². The summed E-state index contributed by atoms with van der Waals surface area (Å²) in [5.74, 6) is 0.317. The van der Waals surface area contributed by atoms with Gasteiger partial charge in [-0.1, -0.05) is 30.3 Å². The van der Waals surface area contributed by atoms with Crippen molar-refractivity contribution in [1.29, 1.82) is 0 Å². The van der Waals surface area contributed by atoms with E-state index in [0.717, 1.165) is 5.56 Å². The van der Waals surface area contributed by atoms with Gasteiger partial charge in [0.1, 0.15) is 0 Å². The lowest BCUT2D eigenvalue weighted by Crippen LogP contribution is -2.02. The van der Waals surface area contributed by atoms with Gasteiger partial charge in [0, 0.05) is 6.08 Å². The highest BCUT2D eigenvalue weighted by Gasteiger charge is 2.03. The van der Waals surface area contributed by atoms with Crippen molar-refractivity contribution < 1.29 is 4.42 Å². The second-order valence-electron chi connectivity index (χ2n) is 5.03. The number of aryl methyl sites for hydroxylation is 2. The maximum Gasteiger partial charge on any atom is 0.347 e. The van der Waals surface area contributed by atoms with Crippen LogP contribution in [0.4, 0.5) is 0 Å². The predicted octanol–water partition coefficient (Wildman–Crippen LogP) is 3.98. The second kappa shape index (κ2) is 5.37. The first kappa shape index (κ1) is 13.3. The largest absolute Gasteiger partial charge is 0.404 e. The molecule has 0 saturated heterocycles. The van der Waals surface area contributed by atoms with Gasteiger partial charge in [-0.15, -0.1) is 0 Å². The van der Waals surface area contributed by atoms with Crippen LogP contribution in [-0.2, 0) is 0 Å². The van der Waals surface area contributed by atoms with Crippen LogP contribution in [-0.4, -0.2) is 4.98 Å². The summed E-state index contributed by atoms with van der Waals surface area (Å²) in [4.78, 5) is 16.2. The Bertz CT molecular complexity index is 891. The Morgan fingerprint density at radius 2 is 1.81 bits per heavy atom. The van der Waals surface area contributed by atoms with Crippen LogP contribution < -0.4 is 5.63 Å². The molecule has 0 aliphatic heterocycles. The molecule has 0 bridgehead atoms. The maximum atomic E-state index is 11.9. The minimum atomic E-state index is -0.361. The third-order valence-electron chi connectivity index (χ3n) is 3.50. The van der Waals surface area contributed by atoms with Crippen molar-refractivity contribution in [1.82, 2.24) is 4.98 Å². The Morgan fingerprint density at radius 3 is 2.62 bits per heavy atom. The molecule has 0 aliphatic carbocycles. The van der Waals surface area contributed by atoms with E-state index in [9.17, 15) is 4.79 Å². The highest BCUT2D eigenvalue weighted by atomic mass is 16.4. The van der Waals surface area contributed by atoms with E-state index in [1.54, 1.807) is 24.3 Å². The van der Waals surface area contributed by atoms with E-state index in [1.807, 2.05) is 18.2 Å². The summed E-state index contributed by atoms with van der Waals surface area (Å²) in [5.41, 5.74) is 3.82. The van der Waals surface area contributed by atoms with Crippen molar-refractivity contribution >= 4 is 23.1 Å². The van der Waals surface area contributed by atoms with Gasteiger partial charge < -0.3 is 4.42 Å². The molecule has 0 fully saturated rings. The topological polar surface area (TPSA) is 43.1 Å². The predicted molar refractivity (Wildman–Crippen MR) is 85.1 cm³/mol. The molecule has 2 aromatic carbocycles. The van der Waals surface area contributed by atoms with Crippen LogP contribution in [0.5, 0.6) is 0 Å². The van der Waals surface area contributed by atoms with Gasteiger partial charge in [-0.3, -0.25) is 0 Å². The van der Waals surface area contributed by atoms with Crippen molar-refractivity contribution in [3.63, 3.8) is 0 Å². The summed E-state index contributed by atoms with van der Waals surface area (Å²) < 4.78 is 5.21.